The van der Waals surface area contributed by atoms with Gasteiger partial charge in [0.25, 0.3) is 0 Å². The molecule has 1 nitrogen and oxygen atoms in total. The maximum atomic E-state index is 11.8. The van der Waals surface area contributed by atoms with Crippen LogP contribution in [0.4, 0.5) is 0 Å². The van der Waals surface area contributed by atoms with Crippen molar-refractivity contribution in [3.8, 4) is 0 Å². The second kappa shape index (κ2) is 5.29. The van der Waals surface area contributed by atoms with Crippen molar-refractivity contribution in [1.29, 1.82) is 0 Å². The molecule has 0 atom stereocenters. The van der Waals surface area contributed by atoms with E-state index >= 15 is 0 Å². The molecule has 0 aliphatic carbocycles. The van der Waals surface area contributed by atoms with Gasteiger partial charge >= 0.3 is 0 Å². The lowest BCUT2D eigenvalue weighted by Crippen LogP contribution is -2.06. The third kappa shape index (κ3) is 4.61. The van der Waals surface area contributed by atoms with Crippen molar-refractivity contribution in [1.82, 2.24) is 0 Å². The molecule has 1 aromatic carbocycles. The maximum absolute atomic E-state index is 11.8. The molecule has 1 rings (SSSR count). The van der Waals surface area contributed by atoms with Gasteiger partial charge in [0, 0.05) is 12.0 Å². The summed E-state index contributed by atoms with van der Waals surface area (Å²) < 4.78 is 0. The quantitative estimate of drug-likeness (QED) is 0.685. The van der Waals surface area contributed by atoms with Crippen LogP contribution >= 0.6 is 0 Å². The maximum Gasteiger partial charge on any atom is 0.162 e. The van der Waals surface area contributed by atoms with Crippen molar-refractivity contribution < 1.29 is 4.79 Å². The van der Waals surface area contributed by atoms with Crippen LogP contribution in [0.1, 0.15) is 56.0 Å². The van der Waals surface area contributed by atoms with Gasteiger partial charge in [-0.3, -0.25) is 4.79 Å². The van der Waals surface area contributed by atoms with Crippen molar-refractivity contribution in [3.63, 3.8) is 0 Å². The SMILES string of the molecule is Cc1ccc(C(=O)CCCC(C)(C)C)cc1. The highest BCUT2D eigenvalue weighted by Crippen LogP contribution is 2.22. The Balaban J connectivity index is 2.44. The molecule has 0 bridgehead atoms. The van der Waals surface area contributed by atoms with Gasteiger partial charge in [-0.1, -0.05) is 50.6 Å². The van der Waals surface area contributed by atoms with Gasteiger partial charge in [-0.05, 0) is 25.2 Å². The van der Waals surface area contributed by atoms with Crippen molar-refractivity contribution in [2.75, 3.05) is 0 Å². The van der Waals surface area contributed by atoms with Gasteiger partial charge in [-0.25, -0.2) is 0 Å². The second-order valence-electron chi connectivity index (χ2n) is 5.70. The van der Waals surface area contributed by atoms with Gasteiger partial charge in [-0.2, -0.15) is 0 Å². The molecular formula is C15H22O. The molecule has 0 radical (unpaired) electrons. The molecule has 88 valence electrons. The molecule has 0 spiro atoms. The summed E-state index contributed by atoms with van der Waals surface area (Å²) in [7, 11) is 0. The average Bonchev–Trinajstić information content (AvgIpc) is 2.16. The molecule has 0 aromatic heterocycles. The Hall–Kier alpha value is -1.11. The van der Waals surface area contributed by atoms with E-state index in [9.17, 15) is 4.79 Å². The van der Waals surface area contributed by atoms with E-state index < -0.39 is 0 Å². The number of benzene rings is 1. The van der Waals surface area contributed by atoms with Crippen molar-refractivity contribution in [3.05, 3.63) is 35.4 Å². The third-order valence-corrected chi connectivity index (χ3v) is 2.70. The van der Waals surface area contributed by atoms with Gasteiger partial charge in [0.15, 0.2) is 5.78 Å². The summed E-state index contributed by atoms with van der Waals surface area (Å²) in [5.74, 6) is 0.268. The summed E-state index contributed by atoms with van der Waals surface area (Å²) in [6, 6.07) is 7.84. The minimum Gasteiger partial charge on any atom is -0.294 e. The lowest BCUT2D eigenvalue weighted by atomic mass is 9.89. The van der Waals surface area contributed by atoms with Crippen LogP contribution < -0.4 is 0 Å². The summed E-state index contributed by atoms with van der Waals surface area (Å²) in [6.45, 7) is 8.67. The van der Waals surface area contributed by atoms with Crippen LogP contribution in [-0.4, -0.2) is 5.78 Å². The zero-order valence-corrected chi connectivity index (χ0v) is 10.8. The Morgan fingerprint density at radius 3 is 2.19 bits per heavy atom. The van der Waals surface area contributed by atoms with E-state index in [1.54, 1.807) is 0 Å². The van der Waals surface area contributed by atoms with E-state index in [2.05, 4.69) is 20.8 Å². The monoisotopic (exact) mass is 218 g/mol. The molecule has 0 fully saturated rings. The summed E-state index contributed by atoms with van der Waals surface area (Å²) in [4.78, 5) is 11.8. The third-order valence-electron chi connectivity index (χ3n) is 2.70. The van der Waals surface area contributed by atoms with Crippen molar-refractivity contribution >= 4 is 5.78 Å². The van der Waals surface area contributed by atoms with Crippen LogP contribution in [-0.2, 0) is 0 Å². The molecule has 0 aliphatic heterocycles. The zero-order chi connectivity index (χ0) is 12.2. The van der Waals surface area contributed by atoms with Crippen LogP contribution in [0.15, 0.2) is 24.3 Å². The summed E-state index contributed by atoms with van der Waals surface area (Å²) in [5.41, 5.74) is 2.37. The average molecular weight is 218 g/mol. The highest BCUT2D eigenvalue weighted by Gasteiger charge is 2.11. The Bertz CT molecular complexity index is 341. The summed E-state index contributed by atoms with van der Waals surface area (Å²) >= 11 is 0. The minimum atomic E-state index is 0.268. The molecule has 0 amide bonds. The first-order valence-corrected chi connectivity index (χ1v) is 5.98. The van der Waals surface area contributed by atoms with Gasteiger partial charge in [0.1, 0.15) is 0 Å². The first-order chi connectivity index (χ1) is 7.38. The highest BCUT2D eigenvalue weighted by molar-refractivity contribution is 5.96. The fraction of sp³-hybridized carbons (Fsp3) is 0.533. The molecule has 0 heterocycles. The van der Waals surface area contributed by atoms with Crippen LogP contribution in [0, 0.1) is 12.3 Å². The Morgan fingerprint density at radius 2 is 1.69 bits per heavy atom. The first kappa shape index (κ1) is 13.0. The van der Waals surface area contributed by atoms with Crippen LogP contribution in [0.25, 0.3) is 0 Å². The summed E-state index contributed by atoms with van der Waals surface area (Å²) in [6.07, 6.45) is 2.75. The molecular weight excluding hydrogens is 196 g/mol. The number of ketones is 1. The fourth-order valence-corrected chi connectivity index (χ4v) is 1.66. The standard InChI is InChI=1S/C15H22O/c1-12-7-9-13(10-8-12)14(16)6-5-11-15(2,3)4/h7-10H,5-6,11H2,1-4H3. The molecule has 0 saturated carbocycles. The van der Waals surface area contributed by atoms with E-state index in [-0.39, 0.29) is 5.78 Å². The van der Waals surface area contributed by atoms with Crippen LogP contribution in [0.5, 0.6) is 0 Å². The molecule has 1 heteroatoms. The van der Waals surface area contributed by atoms with Gasteiger partial charge in [0.05, 0.1) is 0 Å². The van der Waals surface area contributed by atoms with Gasteiger partial charge in [0.2, 0.25) is 0 Å². The van der Waals surface area contributed by atoms with E-state index in [4.69, 9.17) is 0 Å². The van der Waals surface area contributed by atoms with Gasteiger partial charge < -0.3 is 0 Å². The number of rotatable bonds is 4. The van der Waals surface area contributed by atoms with Crippen LogP contribution in [0.2, 0.25) is 0 Å². The van der Waals surface area contributed by atoms with Crippen LogP contribution in [0.3, 0.4) is 0 Å². The minimum absolute atomic E-state index is 0.268. The van der Waals surface area contributed by atoms with E-state index in [1.807, 2.05) is 31.2 Å². The topological polar surface area (TPSA) is 17.1 Å². The largest absolute Gasteiger partial charge is 0.294 e. The first-order valence-electron chi connectivity index (χ1n) is 5.98. The predicted octanol–water partition coefficient (Wildman–Crippen LogP) is 4.39. The number of aryl methyl sites for hydroxylation is 1. The predicted molar refractivity (Wildman–Crippen MR) is 68.8 cm³/mol. The Kier molecular flexibility index (Phi) is 4.28. The molecule has 1 aromatic rings. The lowest BCUT2D eigenvalue weighted by Gasteiger charge is -2.17. The number of carbonyl (C=O) groups excluding carboxylic acids is 1. The number of hydrogen-bond acceptors (Lipinski definition) is 1. The molecule has 16 heavy (non-hydrogen) atoms. The lowest BCUT2D eigenvalue weighted by molar-refractivity contribution is 0.0976. The normalized spacial score (nSPS) is 11.5. The highest BCUT2D eigenvalue weighted by atomic mass is 16.1. The van der Waals surface area contributed by atoms with E-state index in [1.165, 1.54) is 5.56 Å². The molecule has 0 unspecified atom stereocenters. The fourth-order valence-electron chi connectivity index (χ4n) is 1.66. The summed E-state index contributed by atoms with van der Waals surface area (Å²) in [5, 5.41) is 0. The van der Waals surface area contributed by atoms with E-state index in [0.29, 0.717) is 11.8 Å². The van der Waals surface area contributed by atoms with Gasteiger partial charge in [-0.15, -0.1) is 0 Å². The number of Topliss-reactive ketones (excluding diaryl/α,β-unsaturated/α-hetero) is 1. The van der Waals surface area contributed by atoms with Crippen molar-refractivity contribution in [2.24, 2.45) is 5.41 Å². The van der Waals surface area contributed by atoms with E-state index in [0.717, 1.165) is 18.4 Å². The Labute approximate surface area is 98.9 Å². The zero-order valence-electron chi connectivity index (χ0n) is 10.8. The van der Waals surface area contributed by atoms with Crippen molar-refractivity contribution in [2.45, 2.75) is 47.0 Å². The molecule has 0 saturated heterocycles. The molecule has 0 N–H and O–H groups in total. The smallest absolute Gasteiger partial charge is 0.162 e. The number of carbonyl (C=O) groups is 1. The number of hydrogen-bond donors (Lipinski definition) is 0. The molecule has 0 aliphatic rings. The Morgan fingerprint density at radius 1 is 1.12 bits per heavy atom. The second-order valence-corrected chi connectivity index (χ2v) is 5.70.